The number of carbonyl (C=O) groups excluding carboxylic acids is 1. The zero-order chi connectivity index (χ0) is 29.0. The van der Waals surface area contributed by atoms with E-state index in [9.17, 15) is 20.1 Å². The normalized spacial score (nSPS) is 54.3. The molecule has 6 fully saturated rings. The van der Waals surface area contributed by atoms with Crippen LogP contribution in [0, 0.1) is 28.6 Å². The molecule has 3 N–H and O–H groups in total. The van der Waals surface area contributed by atoms with Gasteiger partial charge in [0.15, 0.2) is 12.1 Å². The number of rotatable bonds is 3. The van der Waals surface area contributed by atoms with Crippen LogP contribution in [-0.2, 0) is 28.5 Å². The molecule has 3 heterocycles. The first kappa shape index (κ1) is 28.7. The average molecular weight is 577 g/mol. The molecule has 7 rings (SSSR count). The lowest BCUT2D eigenvalue weighted by Gasteiger charge is -2.70. The fourth-order valence-electron chi connectivity index (χ4n) is 10.9. The minimum absolute atomic E-state index is 0.0899. The molecule has 9 heteroatoms. The first-order valence-corrected chi connectivity index (χ1v) is 15.9. The summed E-state index contributed by atoms with van der Waals surface area (Å²) in [5, 5.41) is 33.1. The monoisotopic (exact) mass is 576 g/mol. The minimum atomic E-state index is -0.904. The van der Waals surface area contributed by atoms with Crippen molar-refractivity contribution in [3.63, 3.8) is 0 Å². The number of aliphatic hydroxyl groups excluding tert-OH is 2. The molecule has 0 aromatic carbocycles. The summed E-state index contributed by atoms with van der Waals surface area (Å²) >= 11 is 0. The molecule has 7 aliphatic rings. The average Bonchev–Trinajstić information content (AvgIpc) is 3.45. The van der Waals surface area contributed by atoms with Gasteiger partial charge >= 0.3 is 5.97 Å². The van der Waals surface area contributed by atoms with Gasteiger partial charge in [0.05, 0.1) is 36.1 Å². The first-order chi connectivity index (χ1) is 19.3. The predicted molar refractivity (Wildman–Crippen MR) is 146 cm³/mol. The van der Waals surface area contributed by atoms with E-state index in [1.165, 1.54) is 0 Å². The van der Waals surface area contributed by atoms with Crippen LogP contribution in [-0.4, -0.2) is 82.2 Å². The maximum atomic E-state index is 12.7. The Hall–Kier alpha value is -1.07. The van der Waals surface area contributed by atoms with Crippen molar-refractivity contribution in [3.05, 3.63) is 11.6 Å². The molecule has 0 radical (unpaired) electrons. The second-order valence-electron chi connectivity index (χ2n) is 15.1. The van der Waals surface area contributed by atoms with Crippen molar-refractivity contribution in [1.29, 1.82) is 0 Å². The zero-order valence-corrected chi connectivity index (χ0v) is 25.0. The molecule has 0 aromatic heterocycles. The van der Waals surface area contributed by atoms with Gasteiger partial charge in [-0.05, 0) is 95.5 Å². The molecular weight excluding hydrogens is 528 g/mol. The van der Waals surface area contributed by atoms with Crippen molar-refractivity contribution < 1.29 is 43.8 Å². The van der Waals surface area contributed by atoms with Crippen LogP contribution in [0.25, 0.3) is 0 Å². The summed E-state index contributed by atoms with van der Waals surface area (Å²) in [4.78, 5) is 11.9. The van der Waals surface area contributed by atoms with E-state index in [0.717, 1.165) is 63.4 Å². The van der Waals surface area contributed by atoms with E-state index in [-0.39, 0.29) is 47.1 Å². The standard InChI is InChI=1S/C32H48O9/c1-18-27(35)24(33)14-26(39-18)40-20-5-10-30-17-38-28(2,3)41-31(30,15-20)11-7-23-22(30)6-9-29(4)21(8-12-32(23,29)36)19-13-25(34)37-16-19/h13,18,20-24,26-27,33,35-36H,5-12,14-17H2,1-4H3. The van der Waals surface area contributed by atoms with E-state index in [1.807, 2.05) is 13.8 Å². The van der Waals surface area contributed by atoms with Crippen LogP contribution >= 0.6 is 0 Å². The molecule has 0 amide bonds. The van der Waals surface area contributed by atoms with Crippen LogP contribution in [0.15, 0.2) is 11.6 Å². The lowest BCUT2D eigenvalue weighted by Crippen LogP contribution is -2.73. The maximum absolute atomic E-state index is 12.7. The van der Waals surface area contributed by atoms with Crippen molar-refractivity contribution in [3.8, 4) is 0 Å². The van der Waals surface area contributed by atoms with Gasteiger partial charge < -0.3 is 39.0 Å². The van der Waals surface area contributed by atoms with E-state index in [4.69, 9.17) is 23.7 Å². The molecule has 230 valence electrons. The minimum Gasteiger partial charge on any atom is -0.458 e. The van der Waals surface area contributed by atoms with E-state index >= 15 is 0 Å². The Balaban J connectivity index is 1.16. The summed E-state index contributed by atoms with van der Waals surface area (Å²) in [6.07, 6.45) is 6.67. The summed E-state index contributed by atoms with van der Waals surface area (Å²) in [7, 11) is 0. The summed E-state index contributed by atoms with van der Waals surface area (Å²) in [5.74, 6) is -0.399. The summed E-state index contributed by atoms with van der Waals surface area (Å²) in [6.45, 7) is 8.98. The highest BCUT2D eigenvalue weighted by atomic mass is 16.7. The van der Waals surface area contributed by atoms with Gasteiger partial charge in [-0.2, -0.15) is 0 Å². The molecule has 41 heavy (non-hydrogen) atoms. The molecule has 3 aliphatic heterocycles. The van der Waals surface area contributed by atoms with Crippen LogP contribution in [0.2, 0.25) is 0 Å². The second kappa shape index (κ2) is 9.46. The van der Waals surface area contributed by atoms with E-state index in [2.05, 4.69) is 6.92 Å². The molecule has 2 saturated heterocycles. The fraction of sp³-hybridized carbons (Fsp3) is 0.906. The highest BCUT2D eigenvalue weighted by Crippen LogP contribution is 2.72. The van der Waals surface area contributed by atoms with Crippen LogP contribution in [0.1, 0.15) is 91.9 Å². The molecule has 0 aromatic rings. The summed E-state index contributed by atoms with van der Waals surface area (Å²) in [6, 6.07) is 0. The van der Waals surface area contributed by atoms with Crippen LogP contribution in [0.3, 0.4) is 0 Å². The van der Waals surface area contributed by atoms with Gasteiger partial charge in [0, 0.05) is 29.7 Å². The number of hydrogen-bond acceptors (Lipinski definition) is 9. The number of cyclic esters (lactones) is 1. The molecule has 12 unspecified atom stereocenters. The predicted octanol–water partition coefficient (Wildman–Crippen LogP) is 3.37. The molecule has 9 nitrogen and oxygen atoms in total. The van der Waals surface area contributed by atoms with Crippen LogP contribution in [0.5, 0.6) is 0 Å². The summed E-state index contributed by atoms with van der Waals surface area (Å²) < 4.78 is 31.2. The van der Waals surface area contributed by atoms with Gasteiger partial charge in [0.2, 0.25) is 0 Å². The molecule has 0 bridgehead atoms. The van der Waals surface area contributed by atoms with Crippen molar-refractivity contribution >= 4 is 5.97 Å². The highest BCUT2D eigenvalue weighted by Gasteiger charge is 2.73. The first-order valence-electron chi connectivity index (χ1n) is 15.9. The number of esters is 1. The molecule has 4 aliphatic carbocycles. The third-order valence-corrected chi connectivity index (χ3v) is 12.9. The van der Waals surface area contributed by atoms with Crippen molar-refractivity contribution in [2.45, 2.75) is 140 Å². The zero-order valence-electron chi connectivity index (χ0n) is 25.0. The SMILES string of the molecule is CC1OC(OC2CCC34COC(C)(C)OC3(CCC3C4CCC4(C)C(C5=CC(=O)OC5)CCC34O)C2)CC(O)C1O. The van der Waals surface area contributed by atoms with Gasteiger partial charge in [-0.3, -0.25) is 0 Å². The third kappa shape index (κ3) is 4.09. The smallest absolute Gasteiger partial charge is 0.331 e. The fourth-order valence-corrected chi connectivity index (χ4v) is 10.9. The number of aliphatic hydroxyl groups is 3. The Bertz CT molecular complexity index is 1090. The van der Waals surface area contributed by atoms with Crippen LogP contribution in [0.4, 0.5) is 0 Å². The maximum Gasteiger partial charge on any atom is 0.331 e. The largest absolute Gasteiger partial charge is 0.458 e. The van der Waals surface area contributed by atoms with Gasteiger partial charge in [-0.15, -0.1) is 0 Å². The molecule has 4 saturated carbocycles. The Labute approximate surface area is 242 Å². The van der Waals surface area contributed by atoms with E-state index < -0.39 is 41.6 Å². The third-order valence-electron chi connectivity index (χ3n) is 12.9. The number of carbonyl (C=O) groups is 1. The Morgan fingerprint density at radius 1 is 1.00 bits per heavy atom. The van der Waals surface area contributed by atoms with Gasteiger partial charge in [-0.1, -0.05) is 6.92 Å². The second-order valence-corrected chi connectivity index (χ2v) is 15.1. The lowest BCUT2D eigenvalue weighted by atomic mass is 9.41. The van der Waals surface area contributed by atoms with Crippen molar-refractivity contribution in [1.82, 2.24) is 0 Å². The number of fused-ring (bicyclic) bond motifs is 3. The van der Waals surface area contributed by atoms with E-state index in [0.29, 0.717) is 13.2 Å². The van der Waals surface area contributed by atoms with Gasteiger partial charge in [-0.25, -0.2) is 4.79 Å². The Morgan fingerprint density at radius 3 is 2.51 bits per heavy atom. The van der Waals surface area contributed by atoms with Crippen molar-refractivity contribution in [2.24, 2.45) is 28.6 Å². The van der Waals surface area contributed by atoms with Crippen LogP contribution < -0.4 is 0 Å². The highest BCUT2D eigenvalue weighted by molar-refractivity contribution is 5.85. The van der Waals surface area contributed by atoms with Gasteiger partial charge in [0.1, 0.15) is 12.7 Å². The summed E-state index contributed by atoms with van der Waals surface area (Å²) in [5.41, 5.74) is -0.704. The lowest BCUT2D eigenvalue weighted by molar-refractivity contribution is -0.407. The molecule has 12 atom stereocenters. The van der Waals surface area contributed by atoms with E-state index in [1.54, 1.807) is 13.0 Å². The Kier molecular flexibility index (Phi) is 6.62. The molecule has 0 spiro atoms. The topological polar surface area (TPSA) is 124 Å². The van der Waals surface area contributed by atoms with Gasteiger partial charge in [0.25, 0.3) is 0 Å². The number of hydrogen-bond donors (Lipinski definition) is 3. The van der Waals surface area contributed by atoms with Crippen molar-refractivity contribution in [2.75, 3.05) is 13.2 Å². The molecular formula is C32H48O9. The Morgan fingerprint density at radius 2 is 1.78 bits per heavy atom. The quantitative estimate of drug-likeness (QED) is 0.343. The number of ether oxygens (including phenoxy) is 5.